The van der Waals surface area contributed by atoms with Crippen molar-refractivity contribution in [3.05, 3.63) is 102 Å². The number of hydrogen-bond acceptors (Lipinski definition) is 6. The van der Waals surface area contributed by atoms with Gasteiger partial charge >= 0.3 is 0 Å². The summed E-state index contributed by atoms with van der Waals surface area (Å²) in [6.45, 7) is 31.3. The van der Waals surface area contributed by atoms with Gasteiger partial charge in [0.1, 0.15) is 28.2 Å². The molecule has 0 fully saturated rings. The molecule has 0 saturated heterocycles. The van der Waals surface area contributed by atoms with E-state index < -0.39 is 0 Å². The molecule has 2 heterocycles. The van der Waals surface area contributed by atoms with Crippen LogP contribution in [0.4, 0.5) is 0 Å². The van der Waals surface area contributed by atoms with Gasteiger partial charge in [0.25, 0.3) is 0 Å². The average molecular weight is 723 g/mol. The molecule has 2 aromatic heterocycles. The fourth-order valence-corrected chi connectivity index (χ4v) is 6.77. The number of aliphatic hydroxyl groups excluding tert-OH is 1. The van der Waals surface area contributed by atoms with Crippen LogP contribution in [-0.2, 0) is 18.4 Å². The molecule has 4 rings (SSSR count). The Morgan fingerprint density at radius 2 is 1.51 bits per heavy atom. The molecule has 2 aromatic carbocycles. The summed E-state index contributed by atoms with van der Waals surface area (Å²) < 4.78 is 0. The third-order valence-corrected chi connectivity index (χ3v) is 9.48. The van der Waals surface area contributed by atoms with E-state index in [1.54, 1.807) is 4.80 Å². The van der Waals surface area contributed by atoms with Gasteiger partial charge in [-0.3, -0.25) is 0 Å². The van der Waals surface area contributed by atoms with Gasteiger partial charge in [0.2, 0.25) is 0 Å². The first-order chi connectivity index (χ1) is 24.6. The number of aliphatic hydroxyl groups is 1. The van der Waals surface area contributed by atoms with Crippen molar-refractivity contribution in [1.82, 2.24) is 30.0 Å². The average Bonchev–Trinajstić information content (AvgIpc) is 3.69. The molecule has 0 aliphatic carbocycles. The highest BCUT2D eigenvalue weighted by atomic mass is 16.3. The zero-order chi connectivity index (χ0) is 39.6. The minimum atomic E-state index is -0.113. The van der Waals surface area contributed by atoms with Crippen LogP contribution in [0.1, 0.15) is 132 Å². The molecule has 0 bridgehead atoms. The van der Waals surface area contributed by atoms with Gasteiger partial charge in [-0.2, -0.15) is 15.0 Å². The highest BCUT2D eigenvalue weighted by Crippen LogP contribution is 2.40. The first-order valence-electron chi connectivity index (χ1n) is 19.1. The number of allylic oxidation sites excluding steroid dienone is 6. The van der Waals surface area contributed by atoms with Gasteiger partial charge < -0.3 is 10.2 Å². The number of aromatic hydroxyl groups is 1. The van der Waals surface area contributed by atoms with Crippen LogP contribution < -0.4 is 0 Å². The third-order valence-electron chi connectivity index (χ3n) is 9.48. The first-order valence-corrected chi connectivity index (χ1v) is 19.1. The maximum Gasteiger partial charge on any atom is 0.146 e. The van der Waals surface area contributed by atoms with Crippen LogP contribution in [0.3, 0.4) is 0 Å². The Balaban J connectivity index is 0.000000291. The summed E-state index contributed by atoms with van der Waals surface area (Å²) in [5, 5.41) is 38.5. The monoisotopic (exact) mass is 723 g/mol. The van der Waals surface area contributed by atoms with E-state index >= 15 is 0 Å². The fraction of sp³-hybridized carbons (Fsp3) is 0.511. The molecule has 0 aliphatic heterocycles. The Morgan fingerprint density at radius 3 is 2.06 bits per heavy atom. The molecule has 0 spiro atoms. The second-order valence-electron chi connectivity index (χ2n) is 17.9. The summed E-state index contributed by atoms with van der Waals surface area (Å²) in [6.07, 6.45) is 17.4. The number of aromatic nitrogens is 6. The number of phenols is 1. The molecule has 4 aromatic rings. The number of aryl methyl sites for hydroxylation is 1. The van der Waals surface area contributed by atoms with E-state index in [9.17, 15) is 10.2 Å². The summed E-state index contributed by atoms with van der Waals surface area (Å²) in [6, 6.07) is 11.7. The van der Waals surface area contributed by atoms with Crippen LogP contribution in [0.25, 0.3) is 22.8 Å². The minimum absolute atomic E-state index is 0.105. The van der Waals surface area contributed by atoms with Gasteiger partial charge in [0.15, 0.2) is 0 Å². The van der Waals surface area contributed by atoms with Crippen molar-refractivity contribution in [2.45, 2.75) is 134 Å². The molecular formula is C45H66N6O2. The lowest BCUT2D eigenvalue weighted by Crippen LogP contribution is -2.25. The number of phenolic OH excluding ortho intramolecular Hbond substituents is 1. The van der Waals surface area contributed by atoms with Crippen LogP contribution in [0.5, 0.6) is 5.75 Å². The molecular weight excluding hydrogens is 657 g/mol. The van der Waals surface area contributed by atoms with Crippen LogP contribution in [0.2, 0.25) is 0 Å². The first kappa shape index (κ1) is 42.9. The third kappa shape index (κ3) is 13.5. The second-order valence-corrected chi connectivity index (χ2v) is 17.9. The van der Waals surface area contributed by atoms with Crippen molar-refractivity contribution in [3.63, 3.8) is 0 Å². The summed E-state index contributed by atoms with van der Waals surface area (Å²) >= 11 is 0. The molecule has 8 heteroatoms. The van der Waals surface area contributed by atoms with E-state index in [2.05, 4.69) is 109 Å². The van der Waals surface area contributed by atoms with Crippen molar-refractivity contribution < 1.29 is 10.2 Å². The summed E-state index contributed by atoms with van der Waals surface area (Å²) in [4.78, 5) is 3.28. The van der Waals surface area contributed by atoms with Gasteiger partial charge in [0, 0.05) is 6.42 Å². The lowest BCUT2D eigenvalue weighted by Gasteiger charge is -2.33. The number of hydrogen-bond donors (Lipinski definition) is 2. The summed E-state index contributed by atoms with van der Waals surface area (Å²) in [5.41, 5.74) is 7.01. The van der Waals surface area contributed by atoms with E-state index in [0.29, 0.717) is 23.9 Å². The SMILES string of the molecule is C/C=C\C=C/c1cnn(C/C=C(\CC)C(C)(C)CCC(C)(C)C)n1.C=C(O)CCc1cc(C(C)(C)CC(C)(C)C)cc(-n2nc3ccccc3n2)c1O. The Morgan fingerprint density at radius 1 is 0.868 bits per heavy atom. The van der Waals surface area contributed by atoms with E-state index in [-0.39, 0.29) is 27.8 Å². The highest BCUT2D eigenvalue weighted by molar-refractivity contribution is 5.73. The lowest BCUT2D eigenvalue weighted by molar-refractivity contribution is 0.283. The standard InChI is InChI=1S/C24H31N3O2.C21H35N3/c1-16(28)11-12-17-13-18(24(5,6)15-23(2,3)4)14-21(22(17)29)27-25-19-9-7-8-10-20(19)26-27;1-8-10-11-12-19-17-22-24(23-19)16-13-18(9-2)21(6,7)15-14-20(3,4)5/h7-10,13-14,28-29H,1,11-12,15H2,2-6H3;8,10-13,17H,9,14-16H2,1-7H3/b;10-8-,12-11-,18-13+. The molecule has 53 heavy (non-hydrogen) atoms. The maximum absolute atomic E-state index is 11.0. The van der Waals surface area contributed by atoms with Crippen molar-refractivity contribution in [3.8, 4) is 11.4 Å². The number of rotatable bonds is 14. The van der Waals surface area contributed by atoms with Crippen LogP contribution in [-0.4, -0.2) is 40.2 Å². The highest BCUT2D eigenvalue weighted by Gasteiger charge is 2.29. The number of nitrogens with zero attached hydrogens (tertiary/aromatic N) is 6. The van der Waals surface area contributed by atoms with Gasteiger partial charge in [0.05, 0.1) is 18.5 Å². The molecule has 0 atom stereocenters. The van der Waals surface area contributed by atoms with E-state index in [1.807, 2.05) is 73.8 Å². The summed E-state index contributed by atoms with van der Waals surface area (Å²) in [7, 11) is 0. The van der Waals surface area contributed by atoms with Gasteiger partial charge in [-0.1, -0.05) is 131 Å². The smallest absolute Gasteiger partial charge is 0.146 e. The van der Waals surface area contributed by atoms with Crippen LogP contribution in [0.15, 0.2) is 84.8 Å². The maximum atomic E-state index is 11.0. The quantitative estimate of drug-likeness (QED) is 0.0763. The van der Waals surface area contributed by atoms with Gasteiger partial charge in [-0.05, 0) is 96.1 Å². The number of fused-ring (bicyclic) bond motifs is 1. The summed E-state index contributed by atoms with van der Waals surface area (Å²) in [5.74, 6) is 0.245. The molecule has 288 valence electrons. The number of benzene rings is 2. The predicted molar refractivity (Wildman–Crippen MR) is 222 cm³/mol. The normalized spacial score (nSPS) is 13.2. The molecule has 0 amide bonds. The minimum Gasteiger partial charge on any atom is -0.513 e. The zero-order valence-electron chi connectivity index (χ0n) is 34.7. The van der Waals surface area contributed by atoms with Crippen LogP contribution >= 0.6 is 0 Å². The lowest BCUT2D eigenvalue weighted by atomic mass is 9.72. The van der Waals surface area contributed by atoms with Crippen molar-refractivity contribution in [2.75, 3.05) is 0 Å². The topological polar surface area (TPSA) is 102 Å². The van der Waals surface area contributed by atoms with Gasteiger partial charge in [-0.15, -0.1) is 15.0 Å². The molecule has 0 radical (unpaired) electrons. The Labute approximate surface area is 319 Å². The van der Waals surface area contributed by atoms with Crippen LogP contribution in [0, 0.1) is 16.2 Å². The Bertz CT molecular complexity index is 1860. The molecule has 0 unspecified atom stereocenters. The molecule has 2 N–H and O–H groups in total. The molecule has 0 aliphatic rings. The van der Waals surface area contributed by atoms with Gasteiger partial charge in [-0.25, -0.2) is 0 Å². The predicted octanol–water partition coefficient (Wildman–Crippen LogP) is 11.9. The van der Waals surface area contributed by atoms with E-state index in [0.717, 1.165) is 47.2 Å². The largest absolute Gasteiger partial charge is 0.513 e. The van der Waals surface area contributed by atoms with E-state index in [4.69, 9.17) is 0 Å². The molecule has 8 nitrogen and oxygen atoms in total. The molecule has 0 saturated carbocycles. The van der Waals surface area contributed by atoms with Crippen molar-refractivity contribution in [2.24, 2.45) is 16.2 Å². The Hall–Kier alpha value is -4.46. The van der Waals surface area contributed by atoms with E-state index in [1.165, 1.54) is 23.2 Å². The van der Waals surface area contributed by atoms with Crippen molar-refractivity contribution >= 4 is 17.1 Å². The van der Waals surface area contributed by atoms with Crippen molar-refractivity contribution in [1.29, 1.82) is 0 Å². The fourth-order valence-electron chi connectivity index (χ4n) is 6.77. The Kier molecular flexibility index (Phi) is 14.6. The second kappa shape index (κ2) is 18.0. The zero-order valence-corrected chi connectivity index (χ0v) is 34.7.